The number of rotatable bonds is 55. The van der Waals surface area contributed by atoms with Crippen LogP contribution in [-0.2, 0) is 27.9 Å². The minimum Gasteiger partial charge on any atom is -0.456 e. The highest BCUT2D eigenvalue weighted by molar-refractivity contribution is 7.47. The fraction of sp³-hybridized carbons (Fsp3) is 0.839. The molecule has 0 spiro atoms. The molecule has 0 aliphatic heterocycles. The van der Waals surface area contributed by atoms with Gasteiger partial charge in [0.1, 0.15) is 19.3 Å². The molecule has 0 fully saturated rings. The molecule has 0 heterocycles. The van der Waals surface area contributed by atoms with Crippen molar-refractivity contribution in [3.05, 3.63) is 48.6 Å². The average Bonchev–Trinajstić information content (AvgIpc) is 3.34. The molecule has 2 N–H and O–H groups in total. The molecule has 0 aromatic heterocycles. The number of phosphoric acid groups is 1. The fourth-order valence-corrected chi connectivity index (χ4v) is 9.57. The third-order valence-electron chi connectivity index (χ3n) is 13.5. The summed E-state index contributed by atoms with van der Waals surface area (Å²) >= 11 is 0. The maximum absolute atomic E-state index is 13.5. The molecule has 0 saturated heterocycles. The van der Waals surface area contributed by atoms with Gasteiger partial charge in [0.25, 0.3) is 0 Å². The van der Waals surface area contributed by atoms with E-state index in [9.17, 15) is 19.0 Å². The van der Waals surface area contributed by atoms with Crippen molar-refractivity contribution in [3.63, 3.8) is 0 Å². The number of unbranched alkanes of at least 4 members (excludes halogenated alkanes) is 33. The first-order valence-corrected chi connectivity index (χ1v) is 32.0. The second kappa shape index (κ2) is 52.4. The minimum atomic E-state index is -4.45. The Bertz CT molecular complexity index is 1380. The van der Waals surface area contributed by atoms with Crippen LogP contribution in [0.5, 0.6) is 0 Å². The predicted octanol–water partition coefficient (Wildman–Crippen LogP) is 18.5. The molecule has 0 aliphatic carbocycles. The number of nitrogens with zero attached hydrogens (tertiary/aromatic N) is 1. The molecule has 0 rings (SSSR count). The van der Waals surface area contributed by atoms with Gasteiger partial charge in [-0.3, -0.25) is 18.6 Å². The second-order valence-corrected chi connectivity index (χ2v) is 23.3. The van der Waals surface area contributed by atoms with Gasteiger partial charge in [0.15, 0.2) is 0 Å². The lowest BCUT2D eigenvalue weighted by Gasteiger charge is -2.27. The van der Waals surface area contributed by atoms with Crippen LogP contribution in [0, 0.1) is 0 Å². The van der Waals surface area contributed by atoms with Crippen molar-refractivity contribution in [1.82, 2.24) is 5.32 Å². The molecule has 0 aliphatic rings. The van der Waals surface area contributed by atoms with Gasteiger partial charge in [0, 0.05) is 12.8 Å². The monoisotopic (exact) mass is 1030 g/mol. The highest BCUT2D eigenvalue weighted by atomic mass is 31.2. The van der Waals surface area contributed by atoms with Crippen LogP contribution in [0.1, 0.15) is 284 Å². The van der Waals surface area contributed by atoms with Crippen molar-refractivity contribution in [2.75, 3.05) is 40.9 Å². The largest absolute Gasteiger partial charge is 0.472 e. The molecule has 0 radical (unpaired) electrons. The zero-order chi connectivity index (χ0) is 52.9. The number of carbonyl (C=O) groups excluding carboxylic acids is 2. The Hall–Kier alpha value is -2.03. The quantitative estimate of drug-likeness (QED) is 0.0205. The van der Waals surface area contributed by atoms with Crippen LogP contribution in [0.4, 0.5) is 0 Å². The van der Waals surface area contributed by atoms with Crippen molar-refractivity contribution >= 4 is 19.7 Å². The van der Waals surface area contributed by atoms with Gasteiger partial charge in [-0.25, -0.2) is 4.57 Å². The van der Waals surface area contributed by atoms with E-state index in [1.807, 2.05) is 33.3 Å². The number of hydrogen-bond acceptors (Lipinski definition) is 6. The van der Waals surface area contributed by atoms with Crippen molar-refractivity contribution < 1.29 is 37.3 Å². The maximum Gasteiger partial charge on any atom is 0.472 e. The zero-order valence-corrected chi connectivity index (χ0v) is 49.1. The number of nitrogens with one attached hydrogen (secondary N) is 1. The molecular formula is C62H118N2O7P+. The fourth-order valence-electron chi connectivity index (χ4n) is 8.84. The van der Waals surface area contributed by atoms with E-state index in [1.54, 1.807) is 0 Å². The van der Waals surface area contributed by atoms with Crippen LogP contribution in [0.3, 0.4) is 0 Å². The molecule has 0 saturated carbocycles. The van der Waals surface area contributed by atoms with Gasteiger partial charge in [-0.05, 0) is 63.9 Å². The molecule has 0 bridgehead atoms. The molecule has 422 valence electrons. The van der Waals surface area contributed by atoms with Gasteiger partial charge >= 0.3 is 13.8 Å². The van der Waals surface area contributed by atoms with E-state index in [4.69, 9.17) is 13.8 Å². The van der Waals surface area contributed by atoms with Gasteiger partial charge in [0.2, 0.25) is 5.91 Å². The SMILES string of the molecule is CC/C=C/C/C=C/C/C=C/CCCCCCC(=O)OC(/C=C/CCCCCCCCCCC)C(COP(=O)(O)OCC[N+](C)(C)C)NC(=O)CCCCCCCCCCCCCCCCCCCCCCC. The number of amides is 1. The zero-order valence-electron chi connectivity index (χ0n) is 48.2. The number of phosphoric ester groups is 1. The van der Waals surface area contributed by atoms with Crippen LogP contribution >= 0.6 is 7.82 Å². The highest BCUT2D eigenvalue weighted by Gasteiger charge is 2.30. The molecular weight excluding hydrogens is 916 g/mol. The summed E-state index contributed by atoms with van der Waals surface area (Å²) in [7, 11) is 1.49. The molecule has 9 nitrogen and oxygen atoms in total. The lowest BCUT2D eigenvalue weighted by molar-refractivity contribution is -0.870. The topological polar surface area (TPSA) is 111 Å². The summed E-state index contributed by atoms with van der Waals surface area (Å²) in [6.07, 6.45) is 64.0. The standard InChI is InChI=1S/C62H117N2O7P/c1-7-10-13-16-19-22-25-27-29-30-31-32-33-34-35-36-39-42-45-48-51-54-61(65)63-59(58-70-72(67,68)69-57-56-64(4,5)6)60(53-50-47-44-41-38-24-21-18-15-12-9-3)71-62(66)55-52-49-46-43-40-37-28-26-23-20-17-14-11-8-2/h11,14,20,23,28,37,50,53,59-60H,7-10,12-13,15-19,21-22,24-27,29-36,38-49,51-52,54-58H2,1-6H3,(H-,63,65,67,68)/p+1/b14-11+,23-20+,37-28+,53-50+. The van der Waals surface area contributed by atoms with Crippen LogP contribution in [0.15, 0.2) is 48.6 Å². The van der Waals surface area contributed by atoms with Crippen molar-refractivity contribution in [2.45, 2.75) is 296 Å². The Labute approximate surface area is 446 Å². The van der Waals surface area contributed by atoms with Gasteiger partial charge in [-0.1, -0.05) is 256 Å². The summed E-state index contributed by atoms with van der Waals surface area (Å²) in [4.78, 5) is 37.6. The van der Waals surface area contributed by atoms with E-state index in [1.165, 1.54) is 161 Å². The lowest BCUT2D eigenvalue weighted by atomic mass is 10.0. The summed E-state index contributed by atoms with van der Waals surface area (Å²) in [5, 5.41) is 3.05. The van der Waals surface area contributed by atoms with Gasteiger partial charge in [-0.15, -0.1) is 0 Å². The summed E-state index contributed by atoms with van der Waals surface area (Å²) in [6, 6.07) is -0.854. The Balaban J connectivity index is 5.18. The molecule has 3 unspecified atom stereocenters. The number of quaternary nitrogens is 1. The molecule has 72 heavy (non-hydrogen) atoms. The van der Waals surface area contributed by atoms with E-state index < -0.39 is 20.0 Å². The smallest absolute Gasteiger partial charge is 0.456 e. The molecule has 1 amide bonds. The second-order valence-electron chi connectivity index (χ2n) is 21.9. The van der Waals surface area contributed by atoms with E-state index in [0.29, 0.717) is 23.9 Å². The summed E-state index contributed by atoms with van der Waals surface area (Å²) in [6.45, 7) is 6.90. The number of carbonyl (C=O) groups is 2. The first-order chi connectivity index (χ1) is 34.9. The van der Waals surface area contributed by atoms with Gasteiger partial charge < -0.3 is 19.4 Å². The van der Waals surface area contributed by atoms with Crippen molar-refractivity contribution in [3.8, 4) is 0 Å². The maximum atomic E-state index is 13.5. The van der Waals surface area contributed by atoms with Crippen LogP contribution < -0.4 is 5.32 Å². The Kier molecular flexibility index (Phi) is 50.9. The van der Waals surface area contributed by atoms with Gasteiger partial charge in [0.05, 0.1) is 33.8 Å². The third-order valence-corrected chi connectivity index (χ3v) is 14.5. The molecule has 3 atom stereocenters. The van der Waals surface area contributed by atoms with Crippen LogP contribution in [0.25, 0.3) is 0 Å². The number of allylic oxidation sites excluding steroid dienone is 7. The number of esters is 1. The van der Waals surface area contributed by atoms with E-state index in [0.717, 1.165) is 83.5 Å². The Morgan fingerprint density at radius 3 is 1.33 bits per heavy atom. The average molecular weight is 1030 g/mol. The van der Waals surface area contributed by atoms with E-state index in [-0.39, 0.29) is 31.5 Å². The van der Waals surface area contributed by atoms with Crippen molar-refractivity contribution in [2.24, 2.45) is 0 Å². The molecule has 10 heteroatoms. The lowest BCUT2D eigenvalue weighted by Crippen LogP contribution is -2.47. The third kappa shape index (κ3) is 52.8. The predicted molar refractivity (Wildman–Crippen MR) is 309 cm³/mol. The summed E-state index contributed by atoms with van der Waals surface area (Å²) < 4.78 is 30.6. The molecule has 0 aromatic rings. The van der Waals surface area contributed by atoms with Crippen LogP contribution in [-0.4, -0.2) is 74.3 Å². The van der Waals surface area contributed by atoms with E-state index >= 15 is 0 Å². The minimum absolute atomic E-state index is 0.0374. The normalized spacial score (nSPS) is 14.0. The first-order valence-electron chi connectivity index (χ1n) is 30.5. The number of ether oxygens (including phenoxy) is 1. The molecule has 0 aromatic carbocycles. The number of hydrogen-bond donors (Lipinski definition) is 2. The number of likely N-dealkylation sites (N-methyl/N-ethyl adjacent to an activating group) is 1. The highest BCUT2D eigenvalue weighted by Crippen LogP contribution is 2.43. The first kappa shape index (κ1) is 70.0. The summed E-state index contributed by atoms with van der Waals surface area (Å²) in [5.41, 5.74) is 0. The van der Waals surface area contributed by atoms with Crippen molar-refractivity contribution in [1.29, 1.82) is 0 Å². The van der Waals surface area contributed by atoms with Crippen LogP contribution in [0.2, 0.25) is 0 Å². The Morgan fingerprint density at radius 2 is 0.889 bits per heavy atom. The summed E-state index contributed by atoms with van der Waals surface area (Å²) in [5.74, 6) is -0.522. The van der Waals surface area contributed by atoms with E-state index in [2.05, 4.69) is 62.5 Å². The van der Waals surface area contributed by atoms with Gasteiger partial charge in [-0.2, -0.15) is 0 Å². The Morgan fingerprint density at radius 1 is 0.500 bits per heavy atom.